The van der Waals surface area contributed by atoms with Crippen LogP contribution in [0, 0.1) is 23.2 Å². The largest absolute Gasteiger partial charge is 0.404 e. The van der Waals surface area contributed by atoms with E-state index in [2.05, 4.69) is 114 Å². The second kappa shape index (κ2) is 9.01. The number of Topliss-reactive ketones (excluding diaryl/α,β-unsaturated/α-hetero) is 1. The van der Waals surface area contributed by atoms with Gasteiger partial charge in [0.15, 0.2) is 0 Å². The first-order valence-corrected chi connectivity index (χ1v) is 15.3. The number of ketones is 1. The van der Waals surface area contributed by atoms with Gasteiger partial charge in [0.1, 0.15) is 5.78 Å². The standard InChI is InChI=1S/C32H40O2Si/c1-23-19-20-28-29(21-22-32(28,5)30(33)27-18-12-17-26(23)27)34-35(31(2,3)4,24-13-8-6-9-14-24)25-15-10-7-11-16-25/h6-17,19,26-29H,18,20-22H2,1-5H3/b23-19-/t26-,27-,28-,29+,32+/m1/s1. The number of benzene rings is 2. The molecule has 5 rings (SSSR count). The monoisotopic (exact) mass is 484 g/mol. The van der Waals surface area contributed by atoms with Crippen molar-refractivity contribution in [3.05, 3.63) is 84.5 Å². The molecule has 5 atom stereocenters. The zero-order chi connectivity index (χ0) is 24.8. The summed E-state index contributed by atoms with van der Waals surface area (Å²) in [6.45, 7) is 11.5. The van der Waals surface area contributed by atoms with E-state index < -0.39 is 8.32 Å². The first-order chi connectivity index (χ1) is 16.7. The normalized spacial score (nSPS) is 32.4. The van der Waals surface area contributed by atoms with Gasteiger partial charge in [-0.25, -0.2) is 0 Å². The van der Waals surface area contributed by atoms with E-state index in [0.29, 0.717) is 5.78 Å². The van der Waals surface area contributed by atoms with Crippen LogP contribution in [0.4, 0.5) is 0 Å². The van der Waals surface area contributed by atoms with Crippen molar-refractivity contribution in [1.29, 1.82) is 0 Å². The lowest BCUT2D eigenvalue weighted by molar-refractivity contribution is -0.135. The minimum Gasteiger partial charge on any atom is -0.404 e. The predicted molar refractivity (Wildman–Crippen MR) is 147 cm³/mol. The Hall–Kier alpha value is -2.23. The van der Waals surface area contributed by atoms with Gasteiger partial charge in [-0.3, -0.25) is 4.79 Å². The second-order valence-electron chi connectivity index (χ2n) is 12.2. The molecule has 3 aliphatic carbocycles. The van der Waals surface area contributed by atoms with Crippen molar-refractivity contribution in [3.63, 3.8) is 0 Å². The Kier molecular flexibility index (Phi) is 6.30. The molecule has 0 heterocycles. The third-order valence-corrected chi connectivity index (χ3v) is 14.3. The number of hydrogen-bond donors (Lipinski definition) is 0. The van der Waals surface area contributed by atoms with Crippen molar-refractivity contribution in [2.45, 2.75) is 71.4 Å². The quantitative estimate of drug-likeness (QED) is 0.368. The second-order valence-corrected chi connectivity index (χ2v) is 16.5. The Labute approximate surface area is 212 Å². The van der Waals surface area contributed by atoms with Gasteiger partial charge in [0.05, 0.1) is 0 Å². The fourth-order valence-corrected chi connectivity index (χ4v) is 12.0. The minimum absolute atomic E-state index is 0.0629. The Balaban J connectivity index is 1.60. The molecule has 1 saturated carbocycles. The molecular weight excluding hydrogens is 444 g/mol. The molecule has 2 aromatic carbocycles. The van der Waals surface area contributed by atoms with Crippen LogP contribution in [0.25, 0.3) is 0 Å². The van der Waals surface area contributed by atoms with Gasteiger partial charge in [-0.15, -0.1) is 0 Å². The first-order valence-electron chi connectivity index (χ1n) is 13.3. The molecule has 35 heavy (non-hydrogen) atoms. The molecule has 0 N–H and O–H groups in total. The number of carbonyl (C=O) groups excluding carboxylic acids is 1. The van der Waals surface area contributed by atoms with E-state index in [1.165, 1.54) is 15.9 Å². The van der Waals surface area contributed by atoms with Crippen molar-refractivity contribution >= 4 is 24.5 Å². The van der Waals surface area contributed by atoms with Gasteiger partial charge in [0.25, 0.3) is 8.32 Å². The molecule has 2 nitrogen and oxygen atoms in total. The molecule has 0 amide bonds. The molecule has 1 fully saturated rings. The van der Waals surface area contributed by atoms with Gasteiger partial charge in [0, 0.05) is 23.4 Å². The van der Waals surface area contributed by atoms with Gasteiger partial charge in [-0.1, -0.05) is 112 Å². The molecule has 2 aromatic rings. The maximum atomic E-state index is 14.1. The topological polar surface area (TPSA) is 26.3 Å². The van der Waals surface area contributed by atoms with Gasteiger partial charge < -0.3 is 4.43 Å². The summed E-state index contributed by atoms with van der Waals surface area (Å²) >= 11 is 0. The fraction of sp³-hybridized carbons (Fsp3) is 0.469. The molecule has 3 aliphatic rings. The molecule has 0 bridgehead atoms. The summed E-state index contributed by atoms with van der Waals surface area (Å²) in [6.07, 6.45) is 10.7. The van der Waals surface area contributed by atoms with E-state index in [4.69, 9.17) is 4.43 Å². The van der Waals surface area contributed by atoms with Crippen LogP contribution >= 0.6 is 0 Å². The van der Waals surface area contributed by atoms with Crippen LogP contribution in [-0.2, 0) is 9.22 Å². The maximum absolute atomic E-state index is 14.1. The summed E-state index contributed by atoms with van der Waals surface area (Å²) in [7, 11) is -2.66. The summed E-state index contributed by atoms with van der Waals surface area (Å²) < 4.78 is 7.60. The lowest BCUT2D eigenvalue weighted by atomic mass is 9.66. The average molecular weight is 485 g/mol. The van der Waals surface area contributed by atoms with E-state index in [-0.39, 0.29) is 34.3 Å². The van der Waals surface area contributed by atoms with Crippen LogP contribution < -0.4 is 10.4 Å². The van der Waals surface area contributed by atoms with Crippen molar-refractivity contribution in [2.24, 2.45) is 23.2 Å². The smallest absolute Gasteiger partial charge is 0.261 e. The van der Waals surface area contributed by atoms with E-state index in [1.54, 1.807) is 0 Å². The highest BCUT2D eigenvalue weighted by Gasteiger charge is 2.58. The van der Waals surface area contributed by atoms with Crippen LogP contribution in [0.2, 0.25) is 5.04 Å². The van der Waals surface area contributed by atoms with E-state index in [0.717, 1.165) is 25.7 Å². The van der Waals surface area contributed by atoms with Crippen molar-refractivity contribution in [2.75, 3.05) is 0 Å². The summed E-state index contributed by atoms with van der Waals surface area (Å²) in [6, 6.07) is 21.8. The summed E-state index contributed by atoms with van der Waals surface area (Å²) in [4.78, 5) is 14.1. The Morgan fingerprint density at radius 2 is 1.54 bits per heavy atom. The van der Waals surface area contributed by atoms with Crippen LogP contribution in [0.5, 0.6) is 0 Å². The number of carbonyl (C=O) groups is 1. The summed E-state index contributed by atoms with van der Waals surface area (Å²) in [5.41, 5.74) is 1.04. The highest BCUT2D eigenvalue weighted by Crippen LogP contribution is 2.54. The SMILES string of the molecule is C/C1=C/C[C@@H]2[C@@H](O[Si](c3ccccc3)(c3ccccc3)C(C)(C)C)CC[C@]2(C)C(=O)[C@@H]2CC=C[C@H]12. The fourth-order valence-electron chi connectivity index (χ4n) is 7.28. The molecule has 0 radical (unpaired) electrons. The van der Waals surface area contributed by atoms with E-state index >= 15 is 0 Å². The molecule has 0 aliphatic heterocycles. The third-order valence-electron chi connectivity index (χ3n) is 9.25. The first kappa shape index (κ1) is 24.5. The number of fused-ring (bicyclic) bond motifs is 2. The lowest BCUT2D eigenvalue weighted by Gasteiger charge is -2.46. The van der Waals surface area contributed by atoms with Gasteiger partial charge in [-0.05, 0) is 53.9 Å². The maximum Gasteiger partial charge on any atom is 0.261 e. The van der Waals surface area contributed by atoms with Gasteiger partial charge >= 0.3 is 0 Å². The van der Waals surface area contributed by atoms with E-state index in [1.807, 2.05) is 0 Å². The van der Waals surface area contributed by atoms with Crippen LogP contribution in [0.3, 0.4) is 0 Å². The highest BCUT2D eigenvalue weighted by molar-refractivity contribution is 6.99. The molecular formula is C32H40O2Si. The molecule has 184 valence electrons. The van der Waals surface area contributed by atoms with Gasteiger partial charge in [-0.2, -0.15) is 0 Å². The average Bonchev–Trinajstić information content (AvgIpc) is 3.45. The molecule has 0 saturated heterocycles. The van der Waals surface area contributed by atoms with Crippen molar-refractivity contribution < 1.29 is 9.22 Å². The highest BCUT2D eigenvalue weighted by atomic mass is 28.4. The minimum atomic E-state index is -2.66. The van der Waals surface area contributed by atoms with Crippen LogP contribution in [0.15, 0.2) is 84.5 Å². The van der Waals surface area contributed by atoms with Crippen LogP contribution in [-0.4, -0.2) is 20.2 Å². The van der Waals surface area contributed by atoms with Crippen molar-refractivity contribution in [3.8, 4) is 0 Å². The predicted octanol–water partition coefficient (Wildman–Crippen LogP) is 6.46. The van der Waals surface area contributed by atoms with Crippen LogP contribution in [0.1, 0.15) is 60.3 Å². The summed E-state index contributed by atoms with van der Waals surface area (Å²) in [5.74, 6) is 1.08. The zero-order valence-corrected chi connectivity index (χ0v) is 23.0. The third kappa shape index (κ3) is 3.92. The zero-order valence-electron chi connectivity index (χ0n) is 22.0. The number of rotatable bonds is 4. The summed E-state index contributed by atoms with van der Waals surface area (Å²) in [5, 5.41) is 2.57. The van der Waals surface area contributed by atoms with Gasteiger partial charge in [0.2, 0.25) is 0 Å². The van der Waals surface area contributed by atoms with Crippen molar-refractivity contribution in [1.82, 2.24) is 0 Å². The Morgan fingerprint density at radius 3 is 2.11 bits per heavy atom. The molecule has 0 spiro atoms. The Morgan fingerprint density at radius 1 is 0.943 bits per heavy atom. The molecule has 3 heteroatoms. The molecule has 0 aromatic heterocycles. The Bertz CT molecular complexity index is 1090. The van der Waals surface area contributed by atoms with E-state index in [9.17, 15) is 4.79 Å². The number of hydrogen-bond acceptors (Lipinski definition) is 2. The number of allylic oxidation sites excluding steroid dienone is 4. The molecule has 0 unspecified atom stereocenters. The lowest BCUT2D eigenvalue weighted by Crippen LogP contribution is -2.68.